The van der Waals surface area contributed by atoms with Crippen molar-refractivity contribution in [2.75, 3.05) is 59.3 Å². The number of hydrogen-bond donors (Lipinski definition) is 0. The summed E-state index contributed by atoms with van der Waals surface area (Å²) in [6.07, 6.45) is 29.5. The fraction of sp³-hybridized carbons (Fsp3) is 0.935. The van der Waals surface area contributed by atoms with E-state index in [2.05, 4.69) is 57.2 Å². The Morgan fingerprint density at radius 1 is 0.596 bits per heavy atom. The fourth-order valence-corrected chi connectivity index (χ4v) is 8.82. The van der Waals surface area contributed by atoms with Gasteiger partial charge in [0.05, 0.1) is 19.1 Å². The minimum absolute atomic E-state index is 0. The van der Waals surface area contributed by atoms with Gasteiger partial charge in [-0.3, -0.25) is 0 Å². The summed E-state index contributed by atoms with van der Waals surface area (Å²) in [5, 5.41) is 8.52. The van der Waals surface area contributed by atoms with Crippen molar-refractivity contribution in [3.63, 3.8) is 0 Å². The third-order valence-electron chi connectivity index (χ3n) is 10.0. The Morgan fingerprint density at radius 2 is 0.947 bits per heavy atom. The first-order valence-electron chi connectivity index (χ1n) is 23.1. The maximum absolute atomic E-state index is 8.52. The van der Waals surface area contributed by atoms with Crippen LogP contribution in [0.25, 0.3) is 0 Å². The van der Waals surface area contributed by atoms with Crippen molar-refractivity contribution in [2.45, 2.75) is 209 Å². The zero-order valence-electron chi connectivity index (χ0n) is 38.7. The molecule has 57 heavy (non-hydrogen) atoms. The van der Waals surface area contributed by atoms with Crippen molar-refractivity contribution in [2.24, 2.45) is 11.8 Å². The van der Waals surface area contributed by atoms with Crippen LogP contribution in [0.3, 0.4) is 0 Å². The average Bonchev–Trinajstić information content (AvgIpc) is 4.04. The first-order chi connectivity index (χ1) is 26.4. The van der Waals surface area contributed by atoms with Crippen LogP contribution in [-0.2, 0) is 73.7 Å². The molecule has 344 valence electrons. The van der Waals surface area contributed by atoms with E-state index in [1.165, 1.54) is 116 Å². The molecule has 4 saturated carbocycles. The van der Waals surface area contributed by atoms with Crippen LogP contribution >= 0.6 is 8.53 Å². The van der Waals surface area contributed by atoms with E-state index in [-0.39, 0.29) is 55.2 Å². The van der Waals surface area contributed by atoms with E-state index in [4.69, 9.17) is 23.8 Å². The van der Waals surface area contributed by atoms with Gasteiger partial charge in [0.2, 0.25) is 0 Å². The molecule has 0 aromatic carbocycles. The summed E-state index contributed by atoms with van der Waals surface area (Å²) in [6, 6.07) is 2.78. The molecule has 0 heterocycles. The van der Waals surface area contributed by atoms with Gasteiger partial charge in [0.1, 0.15) is 0 Å². The van der Waals surface area contributed by atoms with E-state index in [0.717, 1.165) is 77.2 Å². The Morgan fingerprint density at radius 3 is 1.25 bits per heavy atom. The minimum Gasteiger partial charge on any atom is -0.381 e. The van der Waals surface area contributed by atoms with Crippen LogP contribution in [0.5, 0.6) is 0 Å². The van der Waals surface area contributed by atoms with Gasteiger partial charge in [-0.2, -0.15) is 11.7 Å². The molecule has 0 spiro atoms. The molecule has 1 atom stereocenters. The first kappa shape index (κ1) is 67.5. The molecule has 0 amide bonds. The van der Waals surface area contributed by atoms with Crippen LogP contribution in [0, 0.1) is 37.0 Å². The summed E-state index contributed by atoms with van der Waals surface area (Å²) in [6.45, 7) is 32.2. The third-order valence-corrected chi connectivity index (χ3v) is 12.1. The molecule has 0 aliphatic heterocycles. The van der Waals surface area contributed by atoms with Gasteiger partial charge in [-0.15, -0.1) is 6.54 Å². The van der Waals surface area contributed by atoms with Crippen LogP contribution in [0.4, 0.5) is 0 Å². The van der Waals surface area contributed by atoms with Gasteiger partial charge in [0.15, 0.2) is 0 Å². The van der Waals surface area contributed by atoms with Crippen LogP contribution in [0.1, 0.15) is 197 Å². The number of rotatable bonds is 22. The van der Waals surface area contributed by atoms with Gasteiger partial charge < -0.3 is 37.3 Å². The van der Waals surface area contributed by atoms with Gasteiger partial charge in [0.25, 0.3) is 8.53 Å². The molecule has 0 bridgehead atoms. The first-order valence-corrected chi connectivity index (χ1v) is 24.2. The second-order valence-electron chi connectivity index (χ2n) is 15.3. The maximum atomic E-state index is 8.52. The van der Waals surface area contributed by atoms with Gasteiger partial charge in [-0.1, -0.05) is 118 Å². The van der Waals surface area contributed by atoms with Crippen LogP contribution in [0.15, 0.2) is 0 Å². The topological polar surface area (TPSA) is 67.2 Å². The molecule has 0 aromatic rings. The molecule has 4 aliphatic carbocycles. The van der Waals surface area contributed by atoms with Gasteiger partial charge in [-0.25, -0.2) is 4.67 Å². The summed E-state index contributed by atoms with van der Waals surface area (Å²) < 4.78 is 25.3. The summed E-state index contributed by atoms with van der Waals surface area (Å²) in [4.78, 5) is 2.43. The van der Waals surface area contributed by atoms with E-state index in [1.54, 1.807) is 0 Å². The Labute approximate surface area is 394 Å². The summed E-state index contributed by atoms with van der Waals surface area (Å²) in [7, 11) is -1.08. The van der Waals surface area contributed by atoms with Gasteiger partial charge in [0, 0.05) is 79.3 Å². The molecule has 0 saturated heterocycles. The van der Waals surface area contributed by atoms with Crippen LogP contribution < -0.4 is 0 Å². The zero-order valence-corrected chi connectivity index (χ0v) is 44.7. The van der Waals surface area contributed by atoms with Crippen molar-refractivity contribution in [3.05, 3.63) is 13.8 Å². The van der Waals surface area contributed by atoms with Gasteiger partial charge in [-0.05, 0) is 91.1 Å². The van der Waals surface area contributed by atoms with Crippen LogP contribution in [-0.4, -0.2) is 80.9 Å². The van der Waals surface area contributed by atoms with E-state index >= 15 is 0 Å². The predicted molar refractivity (Wildman–Crippen MR) is 237 cm³/mol. The Kier molecular flexibility index (Phi) is 63.4. The second kappa shape index (κ2) is 53.5. The van der Waals surface area contributed by atoms with E-state index in [1.807, 2.05) is 27.7 Å². The third kappa shape index (κ3) is 42.5. The monoisotopic (exact) mass is 1080 g/mol. The summed E-state index contributed by atoms with van der Waals surface area (Å²) >= 11 is 0. The quantitative estimate of drug-likeness (QED) is 0.0463. The number of nitriles is 1. The molecular formula is C46H94Fe2N3O4PW. The predicted octanol–water partition coefficient (Wildman–Crippen LogP) is 13.8. The Balaban J connectivity index is -0.000000231. The number of nitrogens with zero attached hydrogens (tertiary/aromatic N) is 3. The fourth-order valence-electron chi connectivity index (χ4n) is 7.19. The number of hydrogen-bond acceptors (Lipinski definition) is 7. The van der Waals surface area contributed by atoms with Crippen LogP contribution in [0.2, 0.25) is 0 Å². The summed E-state index contributed by atoms with van der Waals surface area (Å²) in [5.74, 6) is 1.69. The molecule has 0 aromatic heterocycles. The van der Waals surface area contributed by atoms with E-state index < -0.39 is 8.53 Å². The zero-order chi connectivity index (χ0) is 40.5. The number of ether oxygens (including phenoxy) is 2. The molecule has 4 fully saturated rings. The molecule has 4 rings (SSSR count). The van der Waals surface area contributed by atoms with Crippen molar-refractivity contribution in [1.29, 1.82) is 5.26 Å². The maximum Gasteiger partial charge on any atom is 2.00 e. The molecule has 4 aliphatic rings. The summed E-state index contributed by atoms with van der Waals surface area (Å²) in [5.41, 5.74) is 0. The second-order valence-corrected chi connectivity index (χ2v) is 16.7. The SMILES string of the molecule is C1CCCC1.C1CCCC1.CC.CC.[CH2-]CCOP(OCCC#N)N(C(C)C)C(C)C.[CH2-]CN(CCCOCC1CCCC1)CCCOCC1CCCC1.[Fe].[Fe].[W+2]. The molecular weight excluding hydrogens is 985 g/mol. The Bertz CT molecular complexity index is 709. The van der Waals surface area contributed by atoms with Gasteiger partial charge >= 0.3 is 21.1 Å². The molecule has 0 radical (unpaired) electrons. The van der Waals surface area contributed by atoms with E-state index in [9.17, 15) is 0 Å². The standard InChI is InChI=1S/C20H38NO2.C12H24N2O2P.2C5H10.2C2H6.2Fe.W/c1-2-21(13-7-15-22-17-19-9-3-4-10-19)14-8-16-23-18-20-11-5-6-12-20;1-6-9-15-17(16-10-7-8-13)14(11(2)3)12(4)5;2*1-2-4-5-3-1;2*1-2;;;/h19-20H,1-18H2;11-12H,1,6-7,9-10H2,2-5H3;2*1-5H2;2*1-2H3;;;/q2*-1;;;;;;;+2. The molecule has 0 N–H and O–H groups in total. The average molecular weight is 1080 g/mol. The minimum atomic E-state index is -1.08. The molecule has 1 unspecified atom stereocenters. The molecule has 7 nitrogen and oxygen atoms in total. The largest absolute Gasteiger partial charge is 2.00 e. The van der Waals surface area contributed by atoms with E-state index in [0.29, 0.717) is 31.7 Å². The van der Waals surface area contributed by atoms with Crippen molar-refractivity contribution < 1.29 is 73.7 Å². The Hall–Kier alpha value is 1.41. The van der Waals surface area contributed by atoms with Crippen molar-refractivity contribution in [1.82, 2.24) is 9.57 Å². The molecule has 11 heteroatoms. The van der Waals surface area contributed by atoms with Crippen molar-refractivity contribution >= 4 is 8.53 Å². The van der Waals surface area contributed by atoms with Crippen molar-refractivity contribution in [3.8, 4) is 6.07 Å². The smallest absolute Gasteiger partial charge is 0.381 e. The normalized spacial score (nSPS) is 16.5.